The average Bonchev–Trinajstić information content (AvgIpc) is 3.25. The van der Waals surface area contributed by atoms with Gasteiger partial charge in [0.05, 0.1) is 6.61 Å². The predicted octanol–water partition coefficient (Wildman–Crippen LogP) is 18.0. The van der Waals surface area contributed by atoms with Gasteiger partial charge in [-0.2, -0.15) is 0 Å². The lowest BCUT2D eigenvalue weighted by molar-refractivity contribution is -0.163. The molecule has 5 heteroatoms. The molecule has 0 saturated heterocycles. The van der Waals surface area contributed by atoms with Gasteiger partial charge in [0.2, 0.25) is 0 Å². The third kappa shape index (κ3) is 49.0. The molecule has 0 aliphatic heterocycles. The second-order valence-corrected chi connectivity index (χ2v) is 18.1. The van der Waals surface area contributed by atoms with Gasteiger partial charge >= 0.3 is 11.9 Å². The third-order valence-corrected chi connectivity index (χ3v) is 12.0. The van der Waals surface area contributed by atoms with Crippen LogP contribution in [-0.4, -0.2) is 37.9 Å². The number of unbranched alkanes of at least 4 members (excludes halogenated alkanes) is 35. The fraction of sp³-hybridized carbons (Fsp3) is 0.891. The summed E-state index contributed by atoms with van der Waals surface area (Å²) in [7, 11) is 0. The molecule has 0 aliphatic carbocycles. The van der Waals surface area contributed by atoms with Gasteiger partial charge in [-0.1, -0.05) is 231 Å². The fourth-order valence-corrected chi connectivity index (χ4v) is 7.91. The number of hydrogen-bond acceptors (Lipinski definition) is 5. The summed E-state index contributed by atoms with van der Waals surface area (Å²) in [5.41, 5.74) is 0. The average molecular weight is 845 g/mol. The second-order valence-electron chi connectivity index (χ2n) is 18.1. The molecular formula is C55H104O5. The Hall–Kier alpha value is -1.62. The molecule has 0 aromatic carbocycles. The molecule has 0 N–H and O–H groups in total. The molecule has 0 fully saturated rings. The molecule has 0 radical (unpaired) electrons. The van der Waals surface area contributed by atoms with E-state index in [1.54, 1.807) is 0 Å². The van der Waals surface area contributed by atoms with Crippen LogP contribution in [0.1, 0.15) is 290 Å². The Labute approximate surface area is 375 Å². The summed E-state index contributed by atoms with van der Waals surface area (Å²) < 4.78 is 17.4. The van der Waals surface area contributed by atoms with E-state index in [4.69, 9.17) is 14.2 Å². The number of rotatable bonds is 50. The molecule has 0 amide bonds. The summed E-state index contributed by atoms with van der Waals surface area (Å²) in [6.45, 7) is 7.84. The molecule has 0 saturated carbocycles. The minimum atomic E-state index is -0.537. The highest BCUT2D eigenvalue weighted by Crippen LogP contribution is 2.16. The van der Waals surface area contributed by atoms with Gasteiger partial charge in [0.1, 0.15) is 6.61 Å². The lowest BCUT2D eigenvalue weighted by Crippen LogP contribution is -2.30. The van der Waals surface area contributed by atoms with E-state index < -0.39 is 6.10 Å². The highest BCUT2D eigenvalue weighted by atomic mass is 16.6. The van der Waals surface area contributed by atoms with Crippen molar-refractivity contribution < 1.29 is 23.8 Å². The van der Waals surface area contributed by atoms with Crippen molar-refractivity contribution in [3.05, 3.63) is 24.3 Å². The van der Waals surface area contributed by atoms with Crippen LogP contribution in [0.25, 0.3) is 0 Å². The SMILES string of the molecule is CCCCCC/C=C\CCCCCCCC(=O)OCC(COCCCCCCCCCCCCCCCCCCCC)OC(=O)CCCCCCC/C=C\CCCCCC. The molecule has 0 aromatic heterocycles. The van der Waals surface area contributed by atoms with Crippen molar-refractivity contribution in [2.24, 2.45) is 0 Å². The van der Waals surface area contributed by atoms with Gasteiger partial charge in [0.15, 0.2) is 6.10 Å². The Balaban J connectivity index is 4.21. The van der Waals surface area contributed by atoms with Gasteiger partial charge in [0, 0.05) is 19.4 Å². The molecule has 5 nitrogen and oxygen atoms in total. The van der Waals surface area contributed by atoms with E-state index in [-0.39, 0.29) is 25.2 Å². The number of allylic oxidation sites excluding steroid dienone is 4. The largest absolute Gasteiger partial charge is 0.462 e. The van der Waals surface area contributed by atoms with Gasteiger partial charge in [-0.3, -0.25) is 9.59 Å². The monoisotopic (exact) mass is 845 g/mol. The zero-order chi connectivity index (χ0) is 43.5. The standard InChI is InChI=1S/C55H104O5/c1-4-7-10-13-16-19-22-25-26-27-28-29-32-35-38-41-44-47-50-58-51-53(60-55(57)49-46-43-40-37-34-31-24-21-18-15-12-9-6-3)52-59-54(56)48-45-42-39-36-33-30-23-20-17-14-11-8-5-2/h20-21,23-24,53H,4-19,22,25-52H2,1-3H3/b23-20-,24-21-. The van der Waals surface area contributed by atoms with E-state index in [9.17, 15) is 9.59 Å². The van der Waals surface area contributed by atoms with Gasteiger partial charge in [-0.25, -0.2) is 0 Å². The van der Waals surface area contributed by atoms with Crippen LogP contribution >= 0.6 is 0 Å². The van der Waals surface area contributed by atoms with Gasteiger partial charge < -0.3 is 14.2 Å². The summed E-state index contributed by atoms with van der Waals surface area (Å²) in [5.74, 6) is -0.401. The molecule has 0 spiro atoms. The first-order valence-corrected chi connectivity index (χ1v) is 26.9. The number of carbonyl (C=O) groups excluding carboxylic acids is 2. The number of ether oxygens (including phenoxy) is 3. The van der Waals surface area contributed by atoms with Crippen molar-refractivity contribution in [2.75, 3.05) is 19.8 Å². The van der Waals surface area contributed by atoms with Gasteiger partial charge in [0.25, 0.3) is 0 Å². The molecule has 0 heterocycles. The third-order valence-electron chi connectivity index (χ3n) is 12.0. The minimum absolute atomic E-state index is 0.0839. The van der Waals surface area contributed by atoms with E-state index >= 15 is 0 Å². The minimum Gasteiger partial charge on any atom is -0.462 e. The van der Waals surface area contributed by atoms with E-state index in [1.165, 1.54) is 199 Å². The van der Waals surface area contributed by atoms with E-state index in [2.05, 4.69) is 45.1 Å². The number of hydrogen-bond donors (Lipinski definition) is 0. The quantitative estimate of drug-likeness (QED) is 0.0347. The van der Waals surface area contributed by atoms with Crippen LogP contribution in [0.5, 0.6) is 0 Å². The summed E-state index contributed by atoms with van der Waals surface area (Å²) >= 11 is 0. The van der Waals surface area contributed by atoms with Crippen molar-refractivity contribution in [3.63, 3.8) is 0 Å². The molecular weight excluding hydrogens is 741 g/mol. The van der Waals surface area contributed by atoms with E-state index in [0.29, 0.717) is 19.4 Å². The van der Waals surface area contributed by atoms with Gasteiger partial charge in [-0.15, -0.1) is 0 Å². The first-order valence-electron chi connectivity index (χ1n) is 26.9. The zero-order valence-corrected chi connectivity index (χ0v) is 40.7. The van der Waals surface area contributed by atoms with Crippen molar-refractivity contribution in [3.8, 4) is 0 Å². The van der Waals surface area contributed by atoms with Crippen molar-refractivity contribution >= 4 is 11.9 Å². The van der Waals surface area contributed by atoms with Crippen LogP contribution in [0.15, 0.2) is 24.3 Å². The smallest absolute Gasteiger partial charge is 0.306 e. The number of esters is 2. The Bertz CT molecular complexity index is 913. The predicted molar refractivity (Wildman–Crippen MR) is 261 cm³/mol. The Morgan fingerprint density at radius 2 is 0.650 bits per heavy atom. The second kappa shape index (κ2) is 51.7. The lowest BCUT2D eigenvalue weighted by Gasteiger charge is -2.18. The van der Waals surface area contributed by atoms with Crippen LogP contribution in [0.2, 0.25) is 0 Å². The first kappa shape index (κ1) is 58.4. The molecule has 1 atom stereocenters. The fourth-order valence-electron chi connectivity index (χ4n) is 7.91. The van der Waals surface area contributed by atoms with Crippen molar-refractivity contribution in [1.82, 2.24) is 0 Å². The maximum Gasteiger partial charge on any atom is 0.306 e. The van der Waals surface area contributed by atoms with Crippen molar-refractivity contribution in [2.45, 2.75) is 297 Å². The first-order chi connectivity index (χ1) is 29.6. The highest BCUT2D eigenvalue weighted by molar-refractivity contribution is 5.70. The molecule has 1 unspecified atom stereocenters. The Morgan fingerprint density at radius 3 is 1.03 bits per heavy atom. The van der Waals surface area contributed by atoms with Crippen LogP contribution in [0.3, 0.4) is 0 Å². The summed E-state index contributed by atoms with van der Waals surface area (Å²) in [5, 5.41) is 0. The molecule has 0 rings (SSSR count). The molecule has 0 aliphatic rings. The summed E-state index contributed by atoms with van der Waals surface area (Å²) in [6, 6.07) is 0. The molecule has 0 bridgehead atoms. The number of carbonyl (C=O) groups is 2. The summed E-state index contributed by atoms with van der Waals surface area (Å²) in [4.78, 5) is 25.4. The Morgan fingerprint density at radius 1 is 0.350 bits per heavy atom. The maximum atomic E-state index is 12.8. The molecule has 0 aromatic rings. The van der Waals surface area contributed by atoms with Crippen LogP contribution < -0.4 is 0 Å². The van der Waals surface area contributed by atoms with E-state index in [0.717, 1.165) is 57.8 Å². The normalized spacial score (nSPS) is 12.2. The van der Waals surface area contributed by atoms with Crippen LogP contribution in [0, 0.1) is 0 Å². The maximum absolute atomic E-state index is 12.8. The van der Waals surface area contributed by atoms with Gasteiger partial charge in [-0.05, 0) is 70.6 Å². The lowest BCUT2D eigenvalue weighted by atomic mass is 10.0. The zero-order valence-electron chi connectivity index (χ0n) is 40.7. The van der Waals surface area contributed by atoms with Crippen LogP contribution in [-0.2, 0) is 23.8 Å². The van der Waals surface area contributed by atoms with Crippen molar-refractivity contribution in [1.29, 1.82) is 0 Å². The highest BCUT2D eigenvalue weighted by Gasteiger charge is 2.17. The molecule has 60 heavy (non-hydrogen) atoms. The van der Waals surface area contributed by atoms with Crippen LogP contribution in [0.4, 0.5) is 0 Å². The summed E-state index contributed by atoms with van der Waals surface area (Å²) in [6.07, 6.45) is 60.4. The van der Waals surface area contributed by atoms with E-state index in [1.807, 2.05) is 0 Å². The molecule has 354 valence electrons. The Kier molecular flexibility index (Phi) is 50.3. The topological polar surface area (TPSA) is 61.8 Å².